The molecule has 0 atom stereocenters. The van der Waals surface area contributed by atoms with E-state index < -0.39 is 0 Å². The summed E-state index contributed by atoms with van der Waals surface area (Å²) in [5.74, 6) is 0. The second-order valence-corrected chi connectivity index (χ2v) is 6.67. The molecule has 0 saturated carbocycles. The zero-order valence-corrected chi connectivity index (χ0v) is 16.1. The number of carbonyl (C=O) groups is 1. The monoisotopic (exact) mass is 379 g/mol. The van der Waals surface area contributed by atoms with Crippen LogP contribution < -0.4 is 9.80 Å². The maximum Gasteiger partial charge on any atom is 0.338 e. The molecule has 29 heavy (non-hydrogen) atoms. The van der Waals surface area contributed by atoms with Crippen molar-refractivity contribution in [1.29, 1.82) is 0 Å². The molecule has 0 spiro atoms. The maximum atomic E-state index is 14.0. The molecule has 4 heteroatoms. The summed E-state index contributed by atoms with van der Waals surface area (Å²) in [5, 5.41) is 0. The highest BCUT2D eigenvalue weighted by atomic mass is 16.2. The van der Waals surface area contributed by atoms with Crippen LogP contribution in [0.5, 0.6) is 0 Å². The molecule has 0 fully saturated rings. The van der Waals surface area contributed by atoms with Gasteiger partial charge in [0.25, 0.3) is 0 Å². The molecular formula is C25H21N3O. The van der Waals surface area contributed by atoms with Gasteiger partial charge in [0.2, 0.25) is 0 Å². The van der Waals surface area contributed by atoms with Crippen LogP contribution in [0.3, 0.4) is 0 Å². The van der Waals surface area contributed by atoms with Gasteiger partial charge in [0.1, 0.15) is 0 Å². The molecule has 1 aromatic heterocycles. The molecule has 1 heterocycles. The molecular weight excluding hydrogens is 358 g/mol. The summed E-state index contributed by atoms with van der Waals surface area (Å²) in [5.41, 5.74) is 4.25. The van der Waals surface area contributed by atoms with E-state index in [2.05, 4.69) is 4.98 Å². The van der Waals surface area contributed by atoms with E-state index in [-0.39, 0.29) is 6.03 Å². The normalized spacial score (nSPS) is 10.4. The second kappa shape index (κ2) is 8.40. The third-order valence-corrected chi connectivity index (χ3v) is 4.59. The average molecular weight is 379 g/mol. The molecule has 0 bridgehead atoms. The minimum atomic E-state index is -0.167. The summed E-state index contributed by atoms with van der Waals surface area (Å²) in [6, 6.07) is 30.8. The Bertz CT molecular complexity index is 1040. The molecule has 3 aromatic carbocycles. The van der Waals surface area contributed by atoms with Crippen molar-refractivity contribution in [3.63, 3.8) is 0 Å². The van der Waals surface area contributed by atoms with Gasteiger partial charge in [-0.25, -0.2) is 4.79 Å². The Balaban J connectivity index is 1.87. The minimum absolute atomic E-state index is 0.167. The van der Waals surface area contributed by atoms with E-state index in [4.69, 9.17) is 0 Å². The predicted octanol–water partition coefficient (Wildman–Crippen LogP) is 6.49. The first-order chi connectivity index (χ1) is 14.2. The fourth-order valence-electron chi connectivity index (χ4n) is 3.25. The molecule has 0 aliphatic carbocycles. The number of aromatic nitrogens is 1. The Morgan fingerprint density at radius 1 is 0.621 bits per heavy atom. The zero-order valence-electron chi connectivity index (χ0n) is 16.1. The van der Waals surface area contributed by atoms with Gasteiger partial charge in [-0.15, -0.1) is 0 Å². The van der Waals surface area contributed by atoms with Gasteiger partial charge < -0.3 is 0 Å². The standard InChI is InChI=1S/C25H21N3O/c1-20-9-8-14-24(19-20)28(23-15-17-26-18-16-23)25(29)27(21-10-4-2-5-11-21)22-12-6-3-7-13-22/h2-19H,1H3. The molecule has 0 unspecified atom stereocenters. The molecule has 0 N–H and O–H groups in total. The Kier molecular flexibility index (Phi) is 5.34. The first kappa shape index (κ1) is 18.4. The minimum Gasteiger partial charge on any atom is -0.265 e. The number of anilines is 4. The molecule has 4 rings (SSSR count). The number of para-hydroxylation sites is 2. The van der Waals surface area contributed by atoms with Crippen LogP contribution in [0.1, 0.15) is 5.56 Å². The fourth-order valence-corrected chi connectivity index (χ4v) is 3.25. The third-order valence-electron chi connectivity index (χ3n) is 4.59. The van der Waals surface area contributed by atoms with Gasteiger partial charge in [0, 0.05) is 12.4 Å². The first-order valence-corrected chi connectivity index (χ1v) is 9.45. The van der Waals surface area contributed by atoms with Gasteiger partial charge in [-0.2, -0.15) is 0 Å². The highest BCUT2D eigenvalue weighted by Crippen LogP contribution is 2.32. The first-order valence-electron chi connectivity index (χ1n) is 9.45. The number of hydrogen-bond donors (Lipinski definition) is 0. The molecule has 4 aromatic rings. The number of benzene rings is 3. The third kappa shape index (κ3) is 4.01. The maximum absolute atomic E-state index is 14.0. The summed E-state index contributed by atoms with van der Waals surface area (Å²) >= 11 is 0. The van der Waals surface area contributed by atoms with Gasteiger partial charge in [-0.1, -0.05) is 48.5 Å². The lowest BCUT2D eigenvalue weighted by atomic mass is 10.2. The van der Waals surface area contributed by atoms with Crippen LogP contribution in [0, 0.1) is 6.92 Å². The summed E-state index contributed by atoms with van der Waals surface area (Å²) in [6.45, 7) is 2.02. The number of amides is 2. The van der Waals surface area contributed by atoms with Gasteiger partial charge in [0.15, 0.2) is 0 Å². The number of hydrogen-bond acceptors (Lipinski definition) is 2. The highest BCUT2D eigenvalue weighted by Gasteiger charge is 2.26. The lowest BCUT2D eigenvalue weighted by Gasteiger charge is -2.31. The van der Waals surface area contributed by atoms with E-state index in [1.807, 2.05) is 104 Å². The molecule has 2 amide bonds. The Hall–Kier alpha value is -3.92. The summed E-state index contributed by atoms with van der Waals surface area (Å²) in [6.07, 6.45) is 3.39. The zero-order chi connectivity index (χ0) is 20.1. The lowest BCUT2D eigenvalue weighted by Crippen LogP contribution is -2.38. The van der Waals surface area contributed by atoms with Gasteiger partial charge in [-0.05, 0) is 61.0 Å². The summed E-state index contributed by atoms with van der Waals surface area (Å²) in [4.78, 5) is 21.5. The van der Waals surface area contributed by atoms with Crippen molar-refractivity contribution >= 4 is 28.8 Å². The highest BCUT2D eigenvalue weighted by molar-refractivity contribution is 6.12. The van der Waals surface area contributed by atoms with Crippen molar-refractivity contribution in [3.8, 4) is 0 Å². The molecule has 142 valence electrons. The van der Waals surface area contributed by atoms with E-state index in [9.17, 15) is 4.79 Å². The smallest absolute Gasteiger partial charge is 0.265 e. The predicted molar refractivity (Wildman–Crippen MR) is 118 cm³/mol. The number of pyridine rings is 1. The van der Waals surface area contributed by atoms with Crippen molar-refractivity contribution in [2.75, 3.05) is 9.80 Å². The Labute approximate surface area is 170 Å². The number of rotatable bonds is 4. The van der Waals surface area contributed by atoms with Crippen LogP contribution >= 0.6 is 0 Å². The van der Waals surface area contributed by atoms with Gasteiger partial charge in [0.05, 0.1) is 22.7 Å². The van der Waals surface area contributed by atoms with Crippen molar-refractivity contribution in [2.45, 2.75) is 6.92 Å². The van der Waals surface area contributed by atoms with Crippen molar-refractivity contribution in [3.05, 3.63) is 115 Å². The molecule has 0 radical (unpaired) electrons. The number of carbonyl (C=O) groups excluding carboxylic acids is 1. The van der Waals surface area contributed by atoms with Crippen LogP contribution in [-0.2, 0) is 0 Å². The van der Waals surface area contributed by atoms with E-state index in [1.54, 1.807) is 22.2 Å². The number of urea groups is 1. The van der Waals surface area contributed by atoms with Crippen LogP contribution in [-0.4, -0.2) is 11.0 Å². The molecule has 0 aliphatic rings. The molecule has 4 nitrogen and oxygen atoms in total. The summed E-state index contributed by atoms with van der Waals surface area (Å²) < 4.78 is 0. The van der Waals surface area contributed by atoms with Gasteiger partial charge >= 0.3 is 6.03 Å². The number of aryl methyl sites for hydroxylation is 1. The van der Waals surface area contributed by atoms with Gasteiger partial charge in [-0.3, -0.25) is 14.8 Å². The van der Waals surface area contributed by atoms with E-state index in [0.717, 1.165) is 28.3 Å². The van der Waals surface area contributed by atoms with Crippen molar-refractivity contribution in [2.24, 2.45) is 0 Å². The average Bonchev–Trinajstić information content (AvgIpc) is 2.76. The van der Waals surface area contributed by atoms with Crippen LogP contribution in [0.2, 0.25) is 0 Å². The Morgan fingerprint density at radius 2 is 1.10 bits per heavy atom. The quantitative estimate of drug-likeness (QED) is 0.406. The Morgan fingerprint density at radius 3 is 1.66 bits per heavy atom. The fraction of sp³-hybridized carbons (Fsp3) is 0.0400. The van der Waals surface area contributed by atoms with Crippen LogP contribution in [0.15, 0.2) is 109 Å². The number of nitrogens with zero attached hydrogens (tertiary/aromatic N) is 3. The van der Waals surface area contributed by atoms with Crippen molar-refractivity contribution < 1.29 is 4.79 Å². The summed E-state index contributed by atoms with van der Waals surface area (Å²) in [7, 11) is 0. The van der Waals surface area contributed by atoms with Crippen molar-refractivity contribution in [1.82, 2.24) is 4.98 Å². The van der Waals surface area contributed by atoms with E-state index >= 15 is 0 Å². The van der Waals surface area contributed by atoms with Crippen LogP contribution in [0.4, 0.5) is 27.5 Å². The molecule has 0 saturated heterocycles. The molecule has 0 aliphatic heterocycles. The second-order valence-electron chi connectivity index (χ2n) is 6.67. The van der Waals surface area contributed by atoms with E-state index in [0.29, 0.717) is 0 Å². The van der Waals surface area contributed by atoms with Crippen LogP contribution in [0.25, 0.3) is 0 Å². The SMILES string of the molecule is Cc1cccc(N(C(=O)N(c2ccccc2)c2ccccc2)c2ccncc2)c1. The lowest BCUT2D eigenvalue weighted by molar-refractivity contribution is 0.255. The largest absolute Gasteiger partial charge is 0.338 e. The van der Waals surface area contributed by atoms with E-state index in [1.165, 1.54) is 0 Å². The topological polar surface area (TPSA) is 36.4 Å².